The van der Waals surface area contributed by atoms with Gasteiger partial charge in [0.2, 0.25) is 5.91 Å². The highest BCUT2D eigenvalue weighted by atomic mass is 16.2. The first kappa shape index (κ1) is 13.3. The molecule has 1 aliphatic heterocycles. The number of hydrogen-bond acceptors (Lipinski definition) is 4. The van der Waals surface area contributed by atoms with Gasteiger partial charge in [-0.2, -0.15) is 0 Å². The highest BCUT2D eigenvalue weighted by Gasteiger charge is 2.41. The second-order valence-corrected chi connectivity index (χ2v) is 6.06. The molecule has 1 aromatic heterocycles. The Kier molecular flexibility index (Phi) is 3.36. The summed E-state index contributed by atoms with van der Waals surface area (Å²) in [5.41, 5.74) is 1.11. The molecule has 1 fully saturated rings. The first-order valence-corrected chi connectivity index (χ1v) is 7.40. The van der Waals surface area contributed by atoms with Crippen LogP contribution in [-0.2, 0) is 11.2 Å². The molecule has 5 heteroatoms. The van der Waals surface area contributed by atoms with Crippen LogP contribution in [0.3, 0.4) is 0 Å². The minimum atomic E-state index is -0.0980. The lowest BCUT2D eigenvalue weighted by molar-refractivity contribution is -0.130. The summed E-state index contributed by atoms with van der Waals surface area (Å²) >= 11 is 0. The van der Waals surface area contributed by atoms with Crippen molar-refractivity contribution in [2.75, 3.05) is 19.0 Å². The Bertz CT molecular complexity index is 523. The lowest BCUT2D eigenvalue weighted by Gasteiger charge is -2.33. The molecule has 1 atom stereocenters. The van der Waals surface area contributed by atoms with Crippen LogP contribution in [0, 0.1) is 6.92 Å². The third-order valence-corrected chi connectivity index (χ3v) is 4.40. The van der Waals surface area contributed by atoms with E-state index in [-0.39, 0.29) is 11.9 Å². The monoisotopic (exact) mass is 274 g/mol. The molecule has 1 saturated carbocycles. The zero-order valence-corrected chi connectivity index (χ0v) is 12.5. The van der Waals surface area contributed by atoms with E-state index in [2.05, 4.69) is 14.9 Å². The molecule has 1 amide bonds. The Morgan fingerprint density at radius 2 is 2.05 bits per heavy atom. The number of likely N-dealkylation sites (N-methyl/N-ethyl adjacent to an activating group) is 1. The summed E-state index contributed by atoms with van der Waals surface area (Å²) in [6, 6.07) is 0.360. The number of hydrogen-bond donors (Lipinski definition) is 0. The largest absolute Gasteiger partial charge is 0.347 e. The Hall–Kier alpha value is -1.65. The topological polar surface area (TPSA) is 49.3 Å². The molecule has 1 aromatic rings. The second kappa shape index (κ2) is 5.04. The van der Waals surface area contributed by atoms with E-state index < -0.39 is 0 Å². The fourth-order valence-corrected chi connectivity index (χ4v) is 3.42. The van der Waals surface area contributed by atoms with Crippen molar-refractivity contribution in [1.29, 1.82) is 0 Å². The Morgan fingerprint density at radius 1 is 1.35 bits per heavy atom. The minimum absolute atomic E-state index is 0.0980. The van der Waals surface area contributed by atoms with Crippen LogP contribution in [0.15, 0.2) is 6.20 Å². The predicted octanol–water partition coefficient (Wildman–Crippen LogP) is 1.55. The van der Waals surface area contributed by atoms with Gasteiger partial charge in [-0.25, -0.2) is 9.97 Å². The van der Waals surface area contributed by atoms with Crippen molar-refractivity contribution in [3.05, 3.63) is 17.6 Å². The van der Waals surface area contributed by atoms with E-state index >= 15 is 0 Å². The van der Waals surface area contributed by atoms with E-state index in [0.717, 1.165) is 23.6 Å². The highest BCUT2D eigenvalue weighted by Crippen LogP contribution is 2.37. The molecule has 0 bridgehead atoms. The summed E-state index contributed by atoms with van der Waals surface area (Å²) in [6.07, 6.45) is 7.47. The van der Waals surface area contributed by atoms with Gasteiger partial charge in [0.1, 0.15) is 17.7 Å². The lowest BCUT2D eigenvalue weighted by Crippen LogP contribution is -2.49. The van der Waals surface area contributed by atoms with Crippen molar-refractivity contribution in [2.45, 2.75) is 51.1 Å². The third-order valence-electron chi connectivity index (χ3n) is 4.40. The van der Waals surface area contributed by atoms with E-state index in [1.807, 2.05) is 27.2 Å². The summed E-state index contributed by atoms with van der Waals surface area (Å²) in [6.45, 7) is 1.91. The van der Waals surface area contributed by atoms with Gasteiger partial charge in [-0.3, -0.25) is 4.79 Å². The number of rotatable bonds is 2. The highest BCUT2D eigenvalue weighted by molar-refractivity contribution is 5.87. The van der Waals surface area contributed by atoms with Gasteiger partial charge < -0.3 is 9.80 Å². The van der Waals surface area contributed by atoms with Crippen molar-refractivity contribution < 1.29 is 4.79 Å². The molecule has 0 N–H and O–H groups in total. The number of nitrogens with zero attached hydrogens (tertiary/aromatic N) is 4. The van der Waals surface area contributed by atoms with Crippen LogP contribution in [0.5, 0.6) is 0 Å². The van der Waals surface area contributed by atoms with Crippen molar-refractivity contribution in [2.24, 2.45) is 0 Å². The third kappa shape index (κ3) is 2.15. The van der Waals surface area contributed by atoms with Crippen LogP contribution >= 0.6 is 0 Å². The fraction of sp³-hybridized carbons (Fsp3) is 0.667. The summed E-state index contributed by atoms with van der Waals surface area (Å²) in [5, 5.41) is 0. The molecule has 0 saturated heterocycles. The van der Waals surface area contributed by atoms with Crippen LogP contribution in [0.1, 0.15) is 37.1 Å². The first-order chi connectivity index (χ1) is 9.58. The second-order valence-electron chi connectivity index (χ2n) is 6.06. The molecule has 0 aromatic carbocycles. The molecule has 1 aliphatic carbocycles. The lowest BCUT2D eigenvalue weighted by atomic mass is 10.1. The van der Waals surface area contributed by atoms with Gasteiger partial charge >= 0.3 is 0 Å². The van der Waals surface area contributed by atoms with Gasteiger partial charge in [0, 0.05) is 38.3 Å². The van der Waals surface area contributed by atoms with E-state index in [1.165, 1.54) is 25.7 Å². The van der Waals surface area contributed by atoms with Gasteiger partial charge in [0.15, 0.2) is 0 Å². The number of fused-ring (bicyclic) bond motifs is 1. The van der Waals surface area contributed by atoms with Crippen LogP contribution < -0.4 is 4.90 Å². The standard InChI is InChI=1S/C15H22N4O/c1-10-16-9-11-8-13(15(20)18(2)3)19(14(11)17-10)12-6-4-5-7-12/h9,12-13H,4-8H2,1-3H3. The molecular weight excluding hydrogens is 252 g/mol. The molecular formula is C15H22N4O. The Morgan fingerprint density at radius 3 is 2.70 bits per heavy atom. The first-order valence-electron chi connectivity index (χ1n) is 7.40. The smallest absolute Gasteiger partial charge is 0.245 e. The number of aromatic nitrogens is 2. The maximum absolute atomic E-state index is 12.5. The van der Waals surface area contributed by atoms with Gasteiger partial charge in [-0.05, 0) is 19.8 Å². The summed E-state index contributed by atoms with van der Waals surface area (Å²) in [5.74, 6) is 1.95. The summed E-state index contributed by atoms with van der Waals surface area (Å²) < 4.78 is 0. The van der Waals surface area contributed by atoms with Crippen LogP contribution in [0.2, 0.25) is 0 Å². The molecule has 0 spiro atoms. The maximum atomic E-state index is 12.5. The molecule has 1 unspecified atom stereocenters. The zero-order chi connectivity index (χ0) is 14.3. The Labute approximate surface area is 120 Å². The molecule has 2 aliphatic rings. The normalized spacial score (nSPS) is 22.1. The fourth-order valence-electron chi connectivity index (χ4n) is 3.42. The van der Waals surface area contributed by atoms with Crippen molar-refractivity contribution in [1.82, 2.24) is 14.9 Å². The number of carbonyl (C=O) groups excluding carboxylic acids is 1. The van der Waals surface area contributed by atoms with Crippen molar-refractivity contribution in [3.8, 4) is 0 Å². The molecule has 20 heavy (non-hydrogen) atoms. The van der Waals surface area contributed by atoms with E-state index in [9.17, 15) is 4.79 Å². The summed E-state index contributed by atoms with van der Waals surface area (Å²) in [7, 11) is 3.66. The van der Waals surface area contributed by atoms with Crippen molar-refractivity contribution >= 4 is 11.7 Å². The van der Waals surface area contributed by atoms with Crippen LogP contribution in [0.4, 0.5) is 5.82 Å². The minimum Gasteiger partial charge on any atom is -0.347 e. The molecule has 3 rings (SSSR count). The zero-order valence-electron chi connectivity index (χ0n) is 12.5. The van der Waals surface area contributed by atoms with E-state index in [0.29, 0.717) is 6.04 Å². The molecule has 2 heterocycles. The number of anilines is 1. The average molecular weight is 274 g/mol. The van der Waals surface area contributed by atoms with Gasteiger partial charge in [-0.15, -0.1) is 0 Å². The average Bonchev–Trinajstić information content (AvgIpc) is 3.03. The maximum Gasteiger partial charge on any atom is 0.245 e. The van der Waals surface area contributed by atoms with Crippen molar-refractivity contribution in [3.63, 3.8) is 0 Å². The van der Waals surface area contributed by atoms with Gasteiger partial charge in [0.25, 0.3) is 0 Å². The van der Waals surface area contributed by atoms with Crippen LogP contribution in [0.25, 0.3) is 0 Å². The van der Waals surface area contributed by atoms with E-state index in [1.54, 1.807) is 4.90 Å². The molecule has 0 radical (unpaired) electrons. The van der Waals surface area contributed by atoms with Gasteiger partial charge in [0.05, 0.1) is 0 Å². The van der Waals surface area contributed by atoms with Crippen LogP contribution in [-0.4, -0.2) is 47.0 Å². The molecule has 108 valence electrons. The number of carbonyl (C=O) groups is 1. The Balaban J connectivity index is 1.98. The molecule has 5 nitrogen and oxygen atoms in total. The number of amides is 1. The van der Waals surface area contributed by atoms with E-state index in [4.69, 9.17) is 0 Å². The quantitative estimate of drug-likeness (QED) is 0.821. The number of aryl methyl sites for hydroxylation is 1. The SMILES string of the molecule is Cc1ncc2c(n1)N(C1CCCC1)C(C(=O)N(C)C)C2. The predicted molar refractivity (Wildman–Crippen MR) is 77.7 cm³/mol. The summed E-state index contributed by atoms with van der Waals surface area (Å²) in [4.78, 5) is 25.4. The van der Waals surface area contributed by atoms with Gasteiger partial charge in [-0.1, -0.05) is 12.8 Å².